The quantitative estimate of drug-likeness (QED) is 0.328. The zero-order valence-electron chi connectivity index (χ0n) is 16.8. The van der Waals surface area contributed by atoms with E-state index < -0.39 is 0 Å². The molecule has 3 aromatic carbocycles. The Morgan fingerprint density at radius 2 is 1.00 bits per heavy atom. The first-order valence-corrected chi connectivity index (χ1v) is 9.91. The first-order valence-electron chi connectivity index (χ1n) is 9.91. The maximum Gasteiger partial charge on any atom is 0.251 e. The van der Waals surface area contributed by atoms with E-state index in [1.165, 1.54) is 0 Å². The first-order chi connectivity index (χ1) is 15.7. The predicted molar refractivity (Wildman–Crippen MR) is 117 cm³/mol. The van der Waals surface area contributed by atoms with Crippen LogP contribution in [0.15, 0.2) is 60.7 Å². The van der Waals surface area contributed by atoms with E-state index in [4.69, 9.17) is 0 Å². The molecular formula is C22H18N8O2. The second-order valence-electron chi connectivity index (χ2n) is 7.24. The van der Waals surface area contributed by atoms with Gasteiger partial charge in [-0.1, -0.05) is 24.3 Å². The molecule has 0 unspecified atom stereocenters. The molecule has 0 atom stereocenters. The minimum absolute atomic E-state index is 0.185. The monoisotopic (exact) mass is 426 g/mol. The van der Waals surface area contributed by atoms with E-state index in [1.54, 1.807) is 36.4 Å². The summed E-state index contributed by atoms with van der Waals surface area (Å²) in [4.78, 5) is 24.8. The highest BCUT2D eigenvalue weighted by Gasteiger charge is 2.09. The number of hydrogen-bond donors (Lipinski definition) is 4. The number of aromatic amines is 2. The van der Waals surface area contributed by atoms with Gasteiger partial charge < -0.3 is 10.6 Å². The molecule has 5 aromatic rings. The first kappa shape index (κ1) is 19.4. The number of nitrogens with one attached hydrogen (secondary N) is 4. The zero-order valence-corrected chi connectivity index (χ0v) is 16.8. The third-order valence-electron chi connectivity index (χ3n) is 5.09. The molecule has 32 heavy (non-hydrogen) atoms. The number of fused-ring (bicyclic) bond motifs is 2. The molecule has 0 fully saturated rings. The highest BCUT2D eigenvalue weighted by molar-refractivity contribution is 5.97. The normalized spacial score (nSPS) is 11.0. The molecule has 0 spiro atoms. The van der Waals surface area contributed by atoms with Crippen LogP contribution in [0.3, 0.4) is 0 Å². The topological polar surface area (TPSA) is 141 Å². The van der Waals surface area contributed by atoms with Crippen molar-refractivity contribution in [3.8, 4) is 0 Å². The summed E-state index contributed by atoms with van der Waals surface area (Å²) >= 11 is 0. The van der Waals surface area contributed by atoms with Crippen LogP contribution in [0.1, 0.15) is 31.8 Å². The number of carbonyl (C=O) groups excluding carboxylic acids is 2. The number of benzene rings is 3. The molecule has 158 valence electrons. The Balaban J connectivity index is 1.15. The third kappa shape index (κ3) is 4.01. The van der Waals surface area contributed by atoms with Crippen molar-refractivity contribution < 1.29 is 9.59 Å². The van der Waals surface area contributed by atoms with Crippen LogP contribution >= 0.6 is 0 Å². The predicted octanol–water partition coefficient (Wildman–Crippen LogP) is 2.09. The van der Waals surface area contributed by atoms with Gasteiger partial charge in [0.05, 0.1) is 0 Å². The molecule has 10 nitrogen and oxygen atoms in total. The molecule has 4 N–H and O–H groups in total. The van der Waals surface area contributed by atoms with Crippen molar-refractivity contribution in [1.82, 2.24) is 41.5 Å². The summed E-state index contributed by atoms with van der Waals surface area (Å²) in [6.45, 7) is 0.778. The molecule has 0 bridgehead atoms. The standard InChI is InChI=1S/C22H18N8O2/c31-21(15-5-7-17-19(9-15)27-29-25-17)23-11-13-1-2-14(4-3-13)12-24-22(32)16-6-8-18-20(10-16)28-30-26-18/h1-10H,11-12H2,(H,23,31)(H,24,32)(H,25,27,29)(H,26,28,30). The number of amides is 2. The summed E-state index contributed by atoms with van der Waals surface area (Å²) in [5.41, 5.74) is 5.66. The number of H-pyrrole nitrogens is 2. The molecule has 0 aliphatic carbocycles. The Hall–Kier alpha value is -4.60. The van der Waals surface area contributed by atoms with E-state index in [-0.39, 0.29) is 11.8 Å². The molecule has 2 heterocycles. The smallest absolute Gasteiger partial charge is 0.251 e. The molecule has 0 aliphatic heterocycles. The van der Waals surface area contributed by atoms with Gasteiger partial charge in [0.25, 0.3) is 11.8 Å². The van der Waals surface area contributed by atoms with Crippen molar-refractivity contribution in [3.05, 3.63) is 82.9 Å². The lowest BCUT2D eigenvalue weighted by Gasteiger charge is -2.08. The average molecular weight is 426 g/mol. The van der Waals surface area contributed by atoms with Crippen molar-refractivity contribution >= 4 is 33.9 Å². The minimum atomic E-state index is -0.185. The van der Waals surface area contributed by atoms with Gasteiger partial charge in [-0.05, 0) is 47.5 Å². The lowest BCUT2D eigenvalue weighted by Crippen LogP contribution is -2.23. The van der Waals surface area contributed by atoms with E-state index in [2.05, 4.69) is 41.5 Å². The van der Waals surface area contributed by atoms with E-state index in [0.717, 1.165) is 11.1 Å². The van der Waals surface area contributed by atoms with Gasteiger partial charge >= 0.3 is 0 Å². The maximum atomic E-state index is 12.4. The summed E-state index contributed by atoms with van der Waals surface area (Å²) in [6.07, 6.45) is 0. The van der Waals surface area contributed by atoms with Gasteiger partial charge in [0, 0.05) is 24.2 Å². The Morgan fingerprint density at radius 1 is 0.594 bits per heavy atom. The van der Waals surface area contributed by atoms with Gasteiger partial charge in [0.15, 0.2) is 0 Å². The van der Waals surface area contributed by atoms with E-state index in [0.29, 0.717) is 46.3 Å². The van der Waals surface area contributed by atoms with Crippen LogP contribution in [0.4, 0.5) is 0 Å². The average Bonchev–Trinajstić information content (AvgIpc) is 3.49. The highest BCUT2D eigenvalue weighted by atomic mass is 16.2. The van der Waals surface area contributed by atoms with Crippen LogP contribution in [-0.2, 0) is 13.1 Å². The fourth-order valence-electron chi connectivity index (χ4n) is 3.31. The van der Waals surface area contributed by atoms with Gasteiger partial charge in [-0.15, -0.1) is 0 Å². The Labute approximate surface area is 181 Å². The fourth-order valence-corrected chi connectivity index (χ4v) is 3.31. The largest absolute Gasteiger partial charge is 0.348 e. The van der Waals surface area contributed by atoms with Crippen molar-refractivity contribution in [2.45, 2.75) is 13.1 Å². The second-order valence-corrected chi connectivity index (χ2v) is 7.24. The Bertz CT molecular complexity index is 1310. The molecule has 2 aromatic heterocycles. The molecule has 5 rings (SSSR count). The summed E-state index contributed by atoms with van der Waals surface area (Å²) in [5.74, 6) is -0.370. The SMILES string of the molecule is O=C(NCc1ccc(CNC(=O)c2ccc3n[nH]nc3c2)cc1)c1ccc2n[nH]nc2c1. The highest BCUT2D eigenvalue weighted by Crippen LogP contribution is 2.12. The number of rotatable bonds is 6. The van der Waals surface area contributed by atoms with E-state index >= 15 is 0 Å². The number of nitrogens with zero attached hydrogens (tertiary/aromatic N) is 4. The van der Waals surface area contributed by atoms with Gasteiger partial charge in [-0.25, -0.2) is 0 Å². The minimum Gasteiger partial charge on any atom is -0.348 e. The maximum absolute atomic E-state index is 12.4. The fraction of sp³-hybridized carbons (Fsp3) is 0.0909. The molecule has 0 aliphatic rings. The van der Waals surface area contributed by atoms with Crippen molar-refractivity contribution in [2.75, 3.05) is 0 Å². The summed E-state index contributed by atoms with van der Waals surface area (Å²) in [7, 11) is 0. The van der Waals surface area contributed by atoms with Gasteiger partial charge in [-0.2, -0.15) is 30.8 Å². The van der Waals surface area contributed by atoms with Crippen LogP contribution in [0.5, 0.6) is 0 Å². The third-order valence-corrected chi connectivity index (χ3v) is 5.09. The number of aromatic nitrogens is 6. The van der Waals surface area contributed by atoms with Gasteiger partial charge in [0.2, 0.25) is 0 Å². The van der Waals surface area contributed by atoms with Crippen molar-refractivity contribution in [1.29, 1.82) is 0 Å². The van der Waals surface area contributed by atoms with Crippen molar-refractivity contribution in [2.24, 2.45) is 0 Å². The second kappa shape index (κ2) is 8.26. The number of hydrogen-bond acceptors (Lipinski definition) is 6. The van der Waals surface area contributed by atoms with Gasteiger partial charge in [0.1, 0.15) is 22.1 Å². The molecule has 0 saturated carbocycles. The molecular weight excluding hydrogens is 408 g/mol. The Morgan fingerprint density at radius 3 is 1.44 bits per heavy atom. The van der Waals surface area contributed by atoms with Gasteiger partial charge in [-0.3, -0.25) is 9.59 Å². The molecule has 10 heteroatoms. The van der Waals surface area contributed by atoms with E-state index in [9.17, 15) is 9.59 Å². The Kier molecular flexibility index (Phi) is 5.00. The molecule has 0 radical (unpaired) electrons. The summed E-state index contributed by atoms with van der Waals surface area (Å²) in [6, 6.07) is 18.0. The van der Waals surface area contributed by atoms with E-state index in [1.807, 2.05) is 24.3 Å². The zero-order chi connectivity index (χ0) is 21.9. The van der Waals surface area contributed by atoms with Crippen LogP contribution in [0.25, 0.3) is 22.1 Å². The van der Waals surface area contributed by atoms with Crippen LogP contribution in [0.2, 0.25) is 0 Å². The summed E-state index contributed by atoms with van der Waals surface area (Å²) in [5, 5.41) is 26.8. The van der Waals surface area contributed by atoms with Crippen molar-refractivity contribution in [3.63, 3.8) is 0 Å². The molecule has 2 amide bonds. The van der Waals surface area contributed by atoms with Crippen LogP contribution < -0.4 is 10.6 Å². The lowest BCUT2D eigenvalue weighted by molar-refractivity contribution is 0.0942. The van der Waals surface area contributed by atoms with Crippen LogP contribution in [0, 0.1) is 0 Å². The summed E-state index contributed by atoms with van der Waals surface area (Å²) < 4.78 is 0. The van der Waals surface area contributed by atoms with Crippen LogP contribution in [-0.4, -0.2) is 42.6 Å². The molecule has 0 saturated heterocycles. The lowest BCUT2D eigenvalue weighted by atomic mass is 10.1. The number of carbonyl (C=O) groups is 2.